The van der Waals surface area contributed by atoms with Gasteiger partial charge < -0.3 is 77.1 Å². The number of carboxylic acids is 1. The van der Waals surface area contributed by atoms with Crippen molar-refractivity contribution < 1.29 is 217 Å². The average molecular weight is 665 g/mol. The molecule has 2 aliphatic heterocycles. The minimum atomic E-state index is -2.43. The molecule has 0 amide bonds. The van der Waals surface area contributed by atoms with Gasteiger partial charge in [-0.25, -0.2) is 0 Å². The molecule has 0 aliphatic carbocycles. The molecule has 0 aromatic rings. The van der Waals surface area contributed by atoms with Crippen molar-refractivity contribution in [3.63, 3.8) is 0 Å². The monoisotopic (exact) mass is 665 g/mol. The first-order chi connectivity index (χ1) is 17.8. The number of hydrogen-bond acceptors (Lipinski definition) is 20. The Balaban J connectivity index is -0.000000165. The van der Waals surface area contributed by atoms with Gasteiger partial charge in [0.2, 0.25) is 0 Å². The van der Waals surface area contributed by atoms with Gasteiger partial charge in [-0.05, 0) is 18.3 Å². The maximum absolute atomic E-state index is 10.6. The summed E-state index contributed by atoms with van der Waals surface area (Å²) < 4.78 is 20.0. The minimum Gasteiger partial charge on any atom is -0.563 e. The number of rotatable bonds is 8. The number of carbonyl (C=O) groups excluding carboxylic acids is 7. The molecule has 0 aromatic carbocycles. The van der Waals surface area contributed by atoms with Crippen LogP contribution in [-0.4, -0.2) is 133 Å². The van der Waals surface area contributed by atoms with Gasteiger partial charge in [0.05, 0.1) is 24.3 Å². The van der Waals surface area contributed by atoms with Crippen molar-refractivity contribution in [1.82, 2.24) is 0 Å². The molecule has 5 unspecified atom stereocenters. The molecule has 2 rings (SSSR count). The molecule has 24 heteroatoms. The van der Waals surface area contributed by atoms with E-state index in [4.69, 9.17) is 52.8 Å². The molecule has 0 bridgehead atoms. The third-order valence-corrected chi connectivity index (χ3v) is 4.27. The van der Waals surface area contributed by atoms with Crippen LogP contribution in [0.5, 0.6) is 0 Å². The molecule has 0 aromatic heterocycles. The fourth-order valence-electron chi connectivity index (χ4n) is 2.52. The predicted molar refractivity (Wildman–Crippen MR) is 103 cm³/mol. The summed E-state index contributed by atoms with van der Waals surface area (Å²) in [4.78, 5) is 59.3. The van der Waals surface area contributed by atoms with Gasteiger partial charge in [-0.3, -0.25) is 0 Å². The molecule has 2 aliphatic rings. The van der Waals surface area contributed by atoms with Gasteiger partial charge in [0.15, 0.2) is 12.6 Å². The number of hydrogen-bond donors (Lipinski definition) is 8. The standard InChI is InChI=1S/C15H23O14.3CO2.CH3.4Na/c16-1-5(8(19)10(21)13(24)25)28-15-12(23)9(20)6(3-27-15)29-14-11(22)7(18)4(17)2-26-14;3*2-1-3;;;;;/h1-12,14-23H,(H,24,25);;;;1H3;;;;/q-3;;;;-1;4*+1/p-1/t4-,5-,6-,7?,8?,9?,10?,11?,12-,14+,15+;;;;;;;;/m1......../s1. The number of aliphatic hydroxyl groups is 8. The fourth-order valence-corrected chi connectivity index (χ4v) is 2.52. The summed E-state index contributed by atoms with van der Waals surface area (Å²) in [5.74, 6) is -2.05. The summed E-state index contributed by atoms with van der Waals surface area (Å²) in [5, 5.41) is 87.6. The van der Waals surface area contributed by atoms with Crippen LogP contribution in [0.4, 0.5) is 0 Å². The number of carbonyl (C=O) groups is 1. The molecule has 226 valence electrons. The Kier molecular flexibility index (Phi) is 47.7. The van der Waals surface area contributed by atoms with Crippen molar-refractivity contribution in [2.45, 2.75) is 67.5 Å². The number of aliphatic carboxylic acids is 1. The smallest absolute Gasteiger partial charge is 0.563 e. The Morgan fingerprint density at radius 1 is 0.767 bits per heavy atom. The van der Waals surface area contributed by atoms with Crippen molar-refractivity contribution in [1.29, 1.82) is 0 Å². The van der Waals surface area contributed by atoms with Gasteiger partial charge in [0.25, 0.3) is 0 Å². The summed E-state index contributed by atoms with van der Waals surface area (Å²) >= 11 is 0. The Morgan fingerprint density at radius 3 is 1.56 bits per heavy atom. The van der Waals surface area contributed by atoms with E-state index in [1.807, 2.05) is 0 Å². The molecule has 0 spiro atoms. The predicted octanol–water partition coefficient (Wildman–Crippen LogP) is -19.7. The Bertz CT molecular complexity index is 764. The van der Waals surface area contributed by atoms with E-state index in [0.717, 1.165) is 13.2 Å². The second-order valence-electron chi connectivity index (χ2n) is 6.59. The van der Waals surface area contributed by atoms with E-state index < -0.39 is 73.5 Å². The molecule has 11 atom stereocenters. The SMILES string of the molecule is O=C([O-])C(O)C(O)[C@@H]([CH-]O)O[C@@H]1O[CH-][C@@H](O[C@@H]2O[CH-][C@@H](O)C(O)C2O)C(O)[C@H]1O.O=C=O.O=C=O.O=C=O.[CH3-].[Na+].[Na+].[Na+].[Na+]. The minimum absolute atomic E-state index is 0. The molecule has 0 saturated carbocycles. The zero-order chi connectivity index (χ0) is 30.0. The molecule has 8 N–H and O–H groups in total. The zero-order valence-electron chi connectivity index (χ0n) is 23.6. The molecule has 2 saturated heterocycles. The van der Waals surface area contributed by atoms with Crippen LogP contribution in [0.1, 0.15) is 0 Å². The first-order valence-corrected chi connectivity index (χ1v) is 9.54. The molecule has 2 fully saturated rings. The van der Waals surface area contributed by atoms with Crippen LogP contribution in [0.25, 0.3) is 0 Å². The Hall–Kier alpha value is 1.13. The summed E-state index contributed by atoms with van der Waals surface area (Å²) in [6.45, 7) is 1.80. The van der Waals surface area contributed by atoms with Gasteiger partial charge in [0, 0.05) is 0 Å². The van der Waals surface area contributed by atoms with E-state index in [0.29, 0.717) is 0 Å². The Labute approximate surface area is 332 Å². The van der Waals surface area contributed by atoms with E-state index in [1.165, 1.54) is 0 Å². The quantitative estimate of drug-likeness (QED) is 0.0881. The first-order valence-electron chi connectivity index (χ1n) is 9.54. The van der Waals surface area contributed by atoms with Crippen molar-refractivity contribution in [3.05, 3.63) is 27.2 Å². The van der Waals surface area contributed by atoms with Gasteiger partial charge in [-0.15, -0.1) is 0 Å². The number of aliphatic hydroxyl groups excluding tert-OH is 8. The van der Waals surface area contributed by atoms with Crippen molar-refractivity contribution >= 4 is 24.4 Å². The summed E-state index contributed by atoms with van der Waals surface area (Å²) in [6, 6.07) is 0. The zero-order valence-corrected chi connectivity index (χ0v) is 31.6. The molecule has 0 radical (unpaired) electrons. The Morgan fingerprint density at radius 2 is 1.16 bits per heavy atom. The third kappa shape index (κ3) is 22.4. The van der Waals surface area contributed by atoms with E-state index in [2.05, 4.69) is 0 Å². The largest absolute Gasteiger partial charge is 1.00 e. The maximum atomic E-state index is 10.6. The van der Waals surface area contributed by atoms with Crippen molar-refractivity contribution in [3.8, 4) is 0 Å². The van der Waals surface area contributed by atoms with Crippen LogP contribution in [-0.2, 0) is 52.5 Å². The second-order valence-corrected chi connectivity index (χ2v) is 6.59. The molecular weight excluding hydrogens is 640 g/mol. The molecule has 20 nitrogen and oxygen atoms in total. The maximum Gasteiger partial charge on any atom is 1.00 e. The summed E-state index contributed by atoms with van der Waals surface area (Å²) in [7, 11) is 0. The molecule has 2 heterocycles. The molecule has 43 heavy (non-hydrogen) atoms. The van der Waals surface area contributed by atoms with E-state index in [-0.39, 0.29) is 151 Å². The van der Waals surface area contributed by atoms with Crippen molar-refractivity contribution in [2.75, 3.05) is 0 Å². The average Bonchev–Trinajstić information content (AvgIpc) is 2.87. The van der Waals surface area contributed by atoms with Gasteiger partial charge >= 0.3 is 137 Å². The topological polar surface area (TPSA) is 341 Å². The molecular formula is C19H25Na4O20-. The normalized spacial score (nSPS) is 28.6. The summed E-state index contributed by atoms with van der Waals surface area (Å²) in [6.07, 6.45) is -18.9. The van der Waals surface area contributed by atoms with Crippen LogP contribution in [0.2, 0.25) is 0 Å². The van der Waals surface area contributed by atoms with Crippen LogP contribution in [0.3, 0.4) is 0 Å². The fraction of sp³-hybridized carbons (Fsp3) is 0.579. The van der Waals surface area contributed by atoms with Gasteiger partial charge in [0.1, 0.15) is 18.3 Å². The van der Waals surface area contributed by atoms with Gasteiger partial charge in [-0.2, -0.15) is 48.6 Å². The van der Waals surface area contributed by atoms with Gasteiger partial charge in [-0.1, -0.05) is 0 Å². The number of ether oxygens (including phenoxy) is 4. The van der Waals surface area contributed by atoms with E-state index >= 15 is 0 Å². The first kappa shape index (κ1) is 59.5. The number of carboxylic acid groups (broad SMARTS) is 1. The van der Waals surface area contributed by atoms with Crippen molar-refractivity contribution in [2.24, 2.45) is 0 Å². The van der Waals surface area contributed by atoms with E-state index in [1.54, 1.807) is 0 Å². The van der Waals surface area contributed by atoms with E-state index in [9.17, 15) is 45.6 Å². The van der Waals surface area contributed by atoms with Crippen LogP contribution in [0, 0.1) is 27.2 Å². The summed E-state index contributed by atoms with van der Waals surface area (Å²) in [5.41, 5.74) is 0. The van der Waals surface area contributed by atoms with Crippen LogP contribution < -0.4 is 123 Å². The third-order valence-electron chi connectivity index (χ3n) is 4.27. The van der Waals surface area contributed by atoms with Crippen LogP contribution >= 0.6 is 0 Å². The second kappa shape index (κ2) is 34.5. The van der Waals surface area contributed by atoms with Crippen LogP contribution in [0.15, 0.2) is 0 Å².